The lowest BCUT2D eigenvalue weighted by molar-refractivity contribution is 0.472. The number of nitrogens with zero attached hydrogens (tertiary/aromatic N) is 2. The molecule has 0 radical (unpaired) electrons. The fraction of sp³-hybridized carbons (Fsp3) is 0.111. The quantitative estimate of drug-likeness (QED) is 0.398. The first-order valence-electron chi connectivity index (χ1n) is 10.9. The molecular weight excluding hydrogens is 515 g/mol. The zero-order chi connectivity index (χ0) is 23.4. The normalized spacial score (nSPS) is 17.1. The average molecular weight is 533 g/mol. The van der Waals surface area contributed by atoms with Gasteiger partial charge in [0.2, 0.25) is 0 Å². The number of fused-ring (bicyclic) bond motifs is 3. The number of hydrogen-bond donors (Lipinski definition) is 1. The van der Waals surface area contributed by atoms with Crippen molar-refractivity contribution in [3.05, 3.63) is 125 Å². The molecule has 0 fully saturated rings. The van der Waals surface area contributed by atoms with Gasteiger partial charge in [-0.15, -0.1) is 0 Å². The number of thiazole rings is 1. The molecule has 1 atom stereocenters. The molecule has 2 aliphatic rings. The molecule has 6 rings (SSSR count). The largest absolute Gasteiger partial charge is 0.507 e. The minimum absolute atomic E-state index is 0.132. The van der Waals surface area contributed by atoms with Crippen LogP contribution in [0.4, 0.5) is 4.39 Å². The van der Waals surface area contributed by atoms with Gasteiger partial charge in [-0.05, 0) is 81.4 Å². The number of aryl methyl sites for hydroxylation is 1. The standard InChI is InChI=1S/C27H18BrFN2O2S/c28-21-13-15(5-12-22(21)32)14-23-26(33)31-25(17-6-9-18(29)10-7-17)20-11-8-16-3-1-2-4-19(16)24(20)30-27(31)34-23/h1-7,9-10,12-14,25,32H,8,11H2/b23-14+/t25-/m0/s1. The van der Waals surface area contributed by atoms with E-state index >= 15 is 0 Å². The molecule has 0 unspecified atom stereocenters. The number of benzene rings is 3. The number of aromatic nitrogens is 1. The summed E-state index contributed by atoms with van der Waals surface area (Å²) in [7, 11) is 0. The summed E-state index contributed by atoms with van der Waals surface area (Å²) in [4.78, 5) is 19.3. The zero-order valence-corrected chi connectivity index (χ0v) is 20.2. The topological polar surface area (TPSA) is 54.6 Å². The molecule has 0 saturated carbocycles. The number of hydrogen-bond acceptors (Lipinski definition) is 4. The van der Waals surface area contributed by atoms with Crippen LogP contribution in [0.1, 0.15) is 34.7 Å². The van der Waals surface area contributed by atoms with Crippen molar-refractivity contribution in [2.24, 2.45) is 4.99 Å². The summed E-state index contributed by atoms with van der Waals surface area (Å²) in [5, 5.41) is 9.80. The fourth-order valence-electron chi connectivity index (χ4n) is 4.73. The van der Waals surface area contributed by atoms with Gasteiger partial charge in [0.1, 0.15) is 11.6 Å². The molecule has 7 heteroatoms. The lowest BCUT2D eigenvalue weighted by Gasteiger charge is -2.30. The van der Waals surface area contributed by atoms with Gasteiger partial charge in [0.15, 0.2) is 4.80 Å². The van der Waals surface area contributed by atoms with Crippen molar-refractivity contribution in [2.75, 3.05) is 0 Å². The number of allylic oxidation sites excluding steroid dienone is 1. The molecule has 3 aromatic carbocycles. The Morgan fingerprint density at radius 1 is 1.09 bits per heavy atom. The van der Waals surface area contributed by atoms with Gasteiger partial charge in [-0.1, -0.05) is 53.8 Å². The average Bonchev–Trinajstić information content (AvgIpc) is 3.15. The van der Waals surface area contributed by atoms with Gasteiger partial charge in [0.05, 0.1) is 20.7 Å². The Morgan fingerprint density at radius 3 is 2.68 bits per heavy atom. The van der Waals surface area contributed by atoms with Gasteiger partial charge in [-0.25, -0.2) is 9.38 Å². The first kappa shape index (κ1) is 21.3. The van der Waals surface area contributed by atoms with Gasteiger partial charge in [0, 0.05) is 5.56 Å². The number of halogens is 2. The molecule has 1 N–H and O–H groups in total. The van der Waals surface area contributed by atoms with Crippen molar-refractivity contribution in [3.8, 4) is 5.75 Å². The zero-order valence-electron chi connectivity index (χ0n) is 17.8. The highest BCUT2D eigenvalue weighted by molar-refractivity contribution is 9.10. The van der Waals surface area contributed by atoms with Crippen molar-refractivity contribution in [1.29, 1.82) is 0 Å². The van der Waals surface area contributed by atoms with Crippen LogP contribution in [-0.4, -0.2) is 9.67 Å². The molecule has 0 amide bonds. The second kappa shape index (κ2) is 8.18. The van der Waals surface area contributed by atoms with Crippen LogP contribution in [0.5, 0.6) is 5.75 Å². The van der Waals surface area contributed by atoms with E-state index in [0.29, 0.717) is 13.8 Å². The minimum atomic E-state index is -0.339. The lowest BCUT2D eigenvalue weighted by atomic mass is 9.83. The Labute approximate surface area is 206 Å². The number of phenols is 1. The van der Waals surface area contributed by atoms with E-state index < -0.39 is 0 Å². The highest BCUT2D eigenvalue weighted by Gasteiger charge is 2.32. The Kier molecular flexibility index (Phi) is 5.12. The van der Waals surface area contributed by atoms with Crippen LogP contribution < -0.4 is 14.9 Å². The molecular formula is C27H18BrFN2O2S. The van der Waals surface area contributed by atoms with E-state index in [-0.39, 0.29) is 23.2 Å². The number of rotatable bonds is 2. The first-order chi connectivity index (χ1) is 16.5. The van der Waals surface area contributed by atoms with Gasteiger partial charge >= 0.3 is 0 Å². The van der Waals surface area contributed by atoms with Crippen molar-refractivity contribution in [3.63, 3.8) is 0 Å². The van der Waals surface area contributed by atoms with Crippen LogP contribution >= 0.6 is 27.3 Å². The second-order valence-corrected chi connectivity index (χ2v) is 10.2. The summed E-state index contributed by atoms with van der Waals surface area (Å²) >= 11 is 4.67. The van der Waals surface area contributed by atoms with Crippen LogP contribution in [0.3, 0.4) is 0 Å². The van der Waals surface area contributed by atoms with Gasteiger partial charge in [-0.3, -0.25) is 9.36 Å². The summed E-state index contributed by atoms with van der Waals surface area (Å²) in [5.74, 6) is -0.168. The summed E-state index contributed by atoms with van der Waals surface area (Å²) in [6.45, 7) is 0. The van der Waals surface area contributed by atoms with E-state index in [1.807, 2.05) is 18.2 Å². The van der Waals surface area contributed by atoms with E-state index in [2.05, 4.69) is 28.1 Å². The van der Waals surface area contributed by atoms with Crippen LogP contribution in [0.15, 0.2) is 86.6 Å². The smallest absolute Gasteiger partial charge is 0.271 e. The van der Waals surface area contributed by atoms with E-state index in [4.69, 9.17) is 4.99 Å². The molecule has 0 bridgehead atoms. The fourth-order valence-corrected chi connectivity index (χ4v) is 6.13. The van der Waals surface area contributed by atoms with Crippen LogP contribution in [0, 0.1) is 5.82 Å². The molecule has 168 valence electrons. The van der Waals surface area contributed by atoms with E-state index in [9.17, 15) is 14.3 Å². The van der Waals surface area contributed by atoms with Gasteiger partial charge < -0.3 is 5.11 Å². The molecule has 1 aliphatic heterocycles. The van der Waals surface area contributed by atoms with Crippen molar-refractivity contribution in [2.45, 2.75) is 18.9 Å². The van der Waals surface area contributed by atoms with Gasteiger partial charge in [0.25, 0.3) is 5.56 Å². The summed E-state index contributed by atoms with van der Waals surface area (Å²) < 4.78 is 16.6. The van der Waals surface area contributed by atoms with E-state index in [1.54, 1.807) is 34.9 Å². The second-order valence-electron chi connectivity index (χ2n) is 8.38. The van der Waals surface area contributed by atoms with Crippen molar-refractivity contribution < 1.29 is 9.50 Å². The number of phenolic OH excluding ortho intramolecular Hbond substituents is 1. The van der Waals surface area contributed by atoms with Crippen LogP contribution in [-0.2, 0) is 6.42 Å². The van der Waals surface area contributed by atoms with Gasteiger partial charge in [-0.2, -0.15) is 0 Å². The van der Waals surface area contributed by atoms with E-state index in [1.165, 1.54) is 29.0 Å². The first-order valence-corrected chi connectivity index (χ1v) is 12.5. The highest BCUT2D eigenvalue weighted by atomic mass is 79.9. The van der Waals surface area contributed by atoms with Crippen molar-refractivity contribution >= 4 is 39.0 Å². The highest BCUT2D eigenvalue weighted by Crippen LogP contribution is 2.41. The molecule has 1 aromatic heterocycles. The molecule has 0 saturated heterocycles. The molecule has 4 aromatic rings. The maximum absolute atomic E-state index is 13.7. The predicted molar refractivity (Wildman–Crippen MR) is 135 cm³/mol. The Bertz CT molecular complexity index is 1670. The molecule has 34 heavy (non-hydrogen) atoms. The third kappa shape index (κ3) is 3.47. The summed E-state index contributed by atoms with van der Waals surface area (Å²) in [6, 6.07) is 19.4. The van der Waals surface area contributed by atoms with Crippen molar-refractivity contribution in [1.82, 2.24) is 4.57 Å². The third-order valence-corrected chi connectivity index (χ3v) is 7.95. The third-order valence-electron chi connectivity index (χ3n) is 6.33. The SMILES string of the molecule is O=c1/c(=C\c2ccc(O)c(Br)c2)sc2n1[C@@H](c1ccc(F)cc1)C1=C(N=2)c2ccccc2CC1. The number of aromatic hydroxyl groups is 1. The van der Waals surface area contributed by atoms with E-state index in [0.717, 1.165) is 40.8 Å². The minimum Gasteiger partial charge on any atom is -0.507 e. The Hall–Kier alpha value is -3.29. The Morgan fingerprint density at radius 2 is 1.88 bits per heavy atom. The maximum Gasteiger partial charge on any atom is 0.271 e. The molecule has 2 heterocycles. The molecule has 1 aliphatic carbocycles. The lowest BCUT2D eigenvalue weighted by Crippen LogP contribution is -2.38. The Balaban J connectivity index is 1.62. The monoisotopic (exact) mass is 532 g/mol. The molecule has 0 spiro atoms. The summed E-state index contributed by atoms with van der Waals surface area (Å²) in [5.41, 5.74) is 5.86. The summed E-state index contributed by atoms with van der Waals surface area (Å²) in [6.07, 6.45) is 3.47. The van der Waals surface area contributed by atoms with Crippen LogP contribution in [0.25, 0.3) is 11.8 Å². The van der Waals surface area contributed by atoms with Crippen LogP contribution in [0.2, 0.25) is 0 Å². The molecule has 4 nitrogen and oxygen atoms in total. The predicted octanol–water partition coefficient (Wildman–Crippen LogP) is 4.93. The maximum atomic E-state index is 13.7.